The van der Waals surface area contributed by atoms with Crippen molar-refractivity contribution >= 4 is 78.6 Å². The highest BCUT2D eigenvalue weighted by Crippen LogP contribution is 2.35. The lowest BCUT2D eigenvalue weighted by Crippen LogP contribution is -2.18. The number of thiophene rings is 1. The number of nitrogens with zero attached hydrogens (tertiary/aromatic N) is 1. The Morgan fingerprint density at radius 3 is 2.25 bits per heavy atom. The van der Waals surface area contributed by atoms with Crippen LogP contribution in [0.15, 0.2) is 107 Å². The Hall–Kier alpha value is -4.31. The molecule has 0 spiro atoms. The number of anilines is 1. The number of halogens is 2. The van der Waals surface area contributed by atoms with Gasteiger partial charge in [-0.25, -0.2) is 10.2 Å². The van der Waals surface area contributed by atoms with E-state index in [1.165, 1.54) is 17.6 Å². The predicted octanol–water partition coefficient (Wildman–Crippen LogP) is 7.55. The van der Waals surface area contributed by atoms with E-state index in [0.717, 1.165) is 14.6 Å². The van der Waals surface area contributed by atoms with Gasteiger partial charge in [0.25, 0.3) is 11.8 Å². The number of carbonyl (C=O) groups excluding carboxylic acids is 3. The number of carbonyl (C=O) groups is 3. The third kappa shape index (κ3) is 6.28. The standard InChI is InChI=1S/C30H19BrClN3O4S/c31-21-13-9-19(10-14-21)30(38)39-24-7-3-1-5-20(24)17-33-35-28(36)18-11-15-22(16-12-18)34-29(37)27-26(32)23-6-2-4-8-25(23)40-27/h1-17H,(H,34,37)(H,35,36)/b33-17-. The normalized spacial score (nSPS) is 10.9. The zero-order chi connectivity index (χ0) is 28.1. The SMILES string of the molecule is O=C(N/N=C\c1ccccc1OC(=O)c1ccc(Br)cc1)c1ccc(NC(=O)c2sc3ccccc3c2Cl)cc1. The molecule has 0 radical (unpaired) electrons. The Labute approximate surface area is 246 Å². The zero-order valence-corrected chi connectivity index (χ0v) is 23.7. The average Bonchev–Trinajstić information content (AvgIpc) is 3.31. The molecule has 198 valence electrons. The summed E-state index contributed by atoms with van der Waals surface area (Å²) >= 11 is 11.1. The maximum absolute atomic E-state index is 12.8. The molecule has 0 saturated carbocycles. The molecule has 0 atom stereocenters. The van der Waals surface area contributed by atoms with Crippen molar-refractivity contribution in [2.24, 2.45) is 5.10 Å². The predicted molar refractivity (Wildman–Crippen MR) is 162 cm³/mol. The Balaban J connectivity index is 1.20. The minimum absolute atomic E-state index is 0.298. The quantitative estimate of drug-likeness (QED) is 0.0838. The van der Waals surface area contributed by atoms with Crippen LogP contribution in [0.25, 0.3) is 10.1 Å². The van der Waals surface area contributed by atoms with Crippen molar-refractivity contribution in [3.05, 3.63) is 128 Å². The number of benzene rings is 4. The number of fused-ring (bicyclic) bond motifs is 1. The number of amides is 2. The molecule has 5 aromatic rings. The molecule has 1 aromatic heterocycles. The van der Waals surface area contributed by atoms with E-state index in [2.05, 4.69) is 31.8 Å². The van der Waals surface area contributed by atoms with Crippen molar-refractivity contribution in [3.63, 3.8) is 0 Å². The van der Waals surface area contributed by atoms with Crippen LogP contribution in [0.5, 0.6) is 5.75 Å². The molecule has 5 rings (SSSR count). The van der Waals surface area contributed by atoms with E-state index >= 15 is 0 Å². The van der Waals surface area contributed by atoms with Gasteiger partial charge in [-0.15, -0.1) is 11.3 Å². The monoisotopic (exact) mass is 631 g/mol. The number of ether oxygens (including phenoxy) is 1. The third-order valence-electron chi connectivity index (χ3n) is 5.72. The summed E-state index contributed by atoms with van der Waals surface area (Å²) in [5.74, 6) is -0.995. The van der Waals surface area contributed by atoms with Gasteiger partial charge in [0.2, 0.25) is 0 Å². The highest BCUT2D eigenvalue weighted by atomic mass is 79.9. The Bertz CT molecular complexity index is 1750. The van der Waals surface area contributed by atoms with Crippen molar-refractivity contribution < 1.29 is 19.1 Å². The Kier molecular flexibility index (Phi) is 8.35. The molecule has 2 amide bonds. The molecule has 0 saturated heterocycles. The van der Waals surface area contributed by atoms with Crippen LogP contribution in [0.1, 0.15) is 36.0 Å². The molecule has 7 nitrogen and oxygen atoms in total. The first-order chi connectivity index (χ1) is 19.4. The van der Waals surface area contributed by atoms with Crippen LogP contribution < -0.4 is 15.5 Å². The number of hydrogen-bond acceptors (Lipinski definition) is 6. The summed E-state index contributed by atoms with van der Waals surface area (Å²) in [6.07, 6.45) is 1.39. The van der Waals surface area contributed by atoms with E-state index in [1.807, 2.05) is 24.3 Å². The number of rotatable bonds is 7. The highest BCUT2D eigenvalue weighted by Gasteiger charge is 2.17. The van der Waals surface area contributed by atoms with Gasteiger partial charge in [-0.05, 0) is 66.7 Å². The molecular formula is C30H19BrClN3O4S. The summed E-state index contributed by atoms with van der Waals surface area (Å²) in [7, 11) is 0. The molecular weight excluding hydrogens is 614 g/mol. The van der Waals surface area contributed by atoms with Gasteiger partial charge in [-0.1, -0.05) is 57.9 Å². The lowest BCUT2D eigenvalue weighted by molar-refractivity contribution is 0.0734. The van der Waals surface area contributed by atoms with Gasteiger partial charge < -0.3 is 10.1 Å². The van der Waals surface area contributed by atoms with Crippen LogP contribution in [-0.2, 0) is 0 Å². The third-order valence-corrected chi connectivity index (χ3v) is 7.92. The van der Waals surface area contributed by atoms with Gasteiger partial charge in [0.15, 0.2) is 0 Å². The second kappa shape index (κ2) is 12.3. The molecule has 10 heteroatoms. The maximum atomic E-state index is 12.8. The zero-order valence-electron chi connectivity index (χ0n) is 20.6. The van der Waals surface area contributed by atoms with Crippen LogP contribution in [0.2, 0.25) is 5.02 Å². The molecule has 40 heavy (non-hydrogen) atoms. The van der Waals surface area contributed by atoms with Crippen LogP contribution >= 0.6 is 38.9 Å². The minimum atomic E-state index is -0.515. The van der Waals surface area contributed by atoms with Crippen molar-refractivity contribution in [3.8, 4) is 5.75 Å². The Morgan fingerprint density at radius 2 is 1.50 bits per heavy atom. The highest BCUT2D eigenvalue weighted by molar-refractivity contribution is 9.10. The fourth-order valence-electron chi connectivity index (χ4n) is 3.70. The fraction of sp³-hybridized carbons (Fsp3) is 0. The molecule has 0 fully saturated rings. The largest absolute Gasteiger partial charge is 0.422 e. The second-order valence-electron chi connectivity index (χ2n) is 8.41. The van der Waals surface area contributed by atoms with E-state index in [1.54, 1.807) is 72.8 Å². The van der Waals surface area contributed by atoms with Gasteiger partial charge in [0.05, 0.1) is 16.8 Å². The van der Waals surface area contributed by atoms with E-state index in [0.29, 0.717) is 38.0 Å². The fourth-order valence-corrected chi connectivity index (χ4v) is 5.38. The molecule has 0 aliphatic carbocycles. The first-order valence-electron chi connectivity index (χ1n) is 11.9. The molecule has 0 unspecified atom stereocenters. The van der Waals surface area contributed by atoms with Gasteiger partial charge in [0, 0.05) is 31.4 Å². The van der Waals surface area contributed by atoms with Crippen molar-refractivity contribution in [2.75, 3.05) is 5.32 Å². The topological polar surface area (TPSA) is 96.9 Å². The van der Waals surface area contributed by atoms with E-state index in [4.69, 9.17) is 16.3 Å². The average molecular weight is 633 g/mol. The number of hydrogen-bond donors (Lipinski definition) is 2. The van der Waals surface area contributed by atoms with Crippen molar-refractivity contribution in [1.82, 2.24) is 5.43 Å². The van der Waals surface area contributed by atoms with E-state index in [-0.39, 0.29) is 5.91 Å². The van der Waals surface area contributed by atoms with Crippen LogP contribution in [-0.4, -0.2) is 24.0 Å². The molecule has 0 aliphatic heterocycles. The van der Waals surface area contributed by atoms with E-state index in [9.17, 15) is 14.4 Å². The first kappa shape index (κ1) is 27.3. The van der Waals surface area contributed by atoms with Crippen LogP contribution in [0.3, 0.4) is 0 Å². The molecule has 4 aromatic carbocycles. The minimum Gasteiger partial charge on any atom is -0.422 e. The first-order valence-corrected chi connectivity index (χ1v) is 13.9. The van der Waals surface area contributed by atoms with E-state index < -0.39 is 11.9 Å². The van der Waals surface area contributed by atoms with Crippen molar-refractivity contribution in [2.45, 2.75) is 0 Å². The molecule has 0 bridgehead atoms. The van der Waals surface area contributed by atoms with Crippen molar-refractivity contribution in [1.29, 1.82) is 0 Å². The summed E-state index contributed by atoms with van der Waals surface area (Å²) < 4.78 is 7.29. The summed E-state index contributed by atoms with van der Waals surface area (Å²) in [6.45, 7) is 0. The second-order valence-corrected chi connectivity index (χ2v) is 10.8. The Morgan fingerprint density at radius 1 is 0.825 bits per heavy atom. The van der Waals surface area contributed by atoms with Gasteiger partial charge >= 0.3 is 5.97 Å². The smallest absolute Gasteiger partial charge is 0.343 e. The number of hydrazone groups is 1. The number of para-hydroxylation sites is 1. The van der Waals surface area contributed by atoms with Gasteiger partial charge in [0.1, 0.15) is 10.6 Å². The summed E-state index contributed by atoms with van der Waals surface area (Å²) in [5.41, 5.74) is 4.21. The number of esters is 1. The summed E-state index contributed by atoms with van der Waals surface area (Å²) in [5, 5.41) is 8.06. The van der Waals surface area contributed by atoms with Crippen LogP contribution in [0, 0.1) is 0 Å². The van der Waals surface area contributed by atoms with Gasteiger partial charge in [-0.3, -0.25) is 9.59 Å². The van der Waals surface area contributed by atoms with Crippen LogP contribution in [0.4, 0.5) is 5.69 Å². The molecule has 1 heterocycles. The summed E-state index contributed by atoms with van der Waals surface area (Å²) in [6, 6.07) is 27.6. The number of nitrogens with one attached hydrogen (secondary N) is 2. The summed E-state index contributed by atoms with van der Waals surface area (Å²) in [4.78, 5) is 38.3. The lowest BCUT2D eigenvalue weighted by Gasteiger charge is -2.07. The maximum Gasteiger partial charge on any atom is 0.343 e. The lowest BCUT2D eigenvalue weighted by atomic mass is 10.2. The molecule has 0 aliphatic rings. The van der Waals surface area contributed by atoms with Gasteiger partial charge in [-0.2, -0.15) is 5.10 Å². The molecule has 2 N–H and O–H groups in total.